The number of benzene rings is 3. The van der Waals surface area contributed by atoms with Gasteiger partial charge >= 0.3 is 5.97 Å². The summed E-state index contributed by atoms with van der Waals surface area (Å²) < 4.78 is 16.1. The summed E-state index contributed by atoms with van der Waals surface area (Å²) in [7, 11) is 1.34. The second kappa shape index (κ2) is 14.9. The first kappa shape index (κ1) is 28.0. The van der Waals surface area contributed by atoms with Gasteiger partial charge in [0.15, 0.2) is 0 Å². The largest absolute Gasteiger partial charge is 0.494 e. The number of carbonyl (C=O) groups is 1. The first-order valence-electron chi connectivity index (χ1n) is 12.9. The van der Waals surface area contributed by atoms with Gasteiger partial charge < -0.3 is 30.0 Å². The van der Waals surface area contributed by atoms with Crippen LogP contribution in [0.5, 0.6) is 11.5 Å². The molecule has 0 aromatic heterocycles. The summed E-state index contributed by atoms with van der Waals surface area (Å²) in [5.74, 6) is 0.858. The van der Waals surface area contributed by atoms with E-state index in [1.165, 1.54) is 12.7 Å². The number of anilines is 2. The van der Waals surface area contributed by atoms with E-state index in [2.05, 4.69) is 41.8 Å². The van der Waals surface area contributed by atoms with Crippen LogP contribution in [0.1, 0.15) is 54.3 Å². The van der Waals surface area contributed by atoms with Gasteiger partial charge in [-0.15, -0.1) is 0 Å². The van der Waals surface area contributed by atoms with Crippen molar-refractivity contribution in [2.75, 3.05) is 38.7 Å². The second-order valence-corrected chi connectivity index (χ2v) is 8.70. The maximum absolute atomic E-state index is 12.2. The van der Waals surface area contributed by atoms with Crippen LogP contribution in [0.25, 0.3) is 0 Å². The molecule has 0 saturated carbocycles. The van der Waals surface area contributed by atoms with Gasteiger partial charge in [-0.1, -0.05) is 31.5 Å². The quantitative estimate of drug-likeness (QED) is 0.181. The number of esters is 1. The maximum Gasteiger partial charge on any atom is 0.341 e. The van der Waals surface area contributed by atoms with Gasteiger partial charge in [-0.05, 0) is 86.0 Å². The van der Waals surface area contributed by atoms with Crippen molar-refractivity contribution < 1.29 is 24.1 Å². The topological polar surface area (TPSA) is 89.0 Å². The highest BCUT2D eigenvalue weighted by Gasteiger charge is 2.17. The normalized spacial score (nSPS) is 11.6. The number of aliphatic hydroxyl groups excluding tert-OH is 1. The van der Waals surface area contributed by atoms with Crippen LogP contribution in [0.2, 0.25) is 0 Å². The fourth-order valence-electron chi connectivity index (χ4n) is 3.79. The maximum atomic E-state index is 12.2. The summed E-state index contributed by atoms with van der Waals surface area (Å²) in [6, 6.07) is 21.3. The van der Waals surface area contributed by atoms with E-state index in [9.17, 15) is 9.90 Å². The zero-order chi connectivity index (χ0) is 26.5. The summed E-state index contributed by atoms with van der Waals surface area (Å²) in [6.07, 6.45) is 1.97. The van der Waals surface area contributed by atoms with E-state index < -0.39 is 12.1 Å². The van der Waals surface area contributed by atoms with Crippen molar-refractivity contribution in [2.45, 2.75) is 39.2 Å². The standard InChI is InChI=1S/C30H38N2O5/c1-4-6-19-37-29-16-9-23(20-27(29)30(34)35-3)28(33)21-31-18-17-22-7-10-24(11-8-22)32-25-12-14-26(15-13-25)36-5-2/h7-16,20,28,31-33H,4-6,17-19,21H2,1-3H3/t28-/m0/s1. The summed E-state index contributed by atoms with van der Waals surface area (Å²) in [6.45, 7) is 6.31. The van der Waals surface area contributed by atoms with Crippen LogP contribution in [0.3, 0.4) is 0 Å². The van der Waals surface area contributed by atoms with E-state index in [1.807, 2.05) is 31.2 Å². The van der Waals surface area contributed by atoms with E-state index in [4.69, 9.17) is 14.2 Å². The first-order valence-corrected chi connectivity index (χ1v) is 12.9. The Kier molecular flexibility index (Phi) is 11.3. The molecule has 0 fully saturated rings. The molecule has 0 aliphatic heterocycles. The molecule has 0 aliphatic carbocycles. The van der Waals surface area contributed by atoms with Crippen molar-refractivity contribution in [3.63, 3.8) is 0 Å². The summed E-state index contributed by atoms with van der Waals surface area (Å²) in [4.78, 5) is 12.2. The summed E-state index contributed by atoms with van der Waals surface area (Å²) in [5.41, 5.74) is 4.18. The molecule has 3 rings (SSSR count). The van der Waals surface area contributed by atoms with E-state index in [0.717, 1.165) is 36.4 Å². The molecule has 0 aliphatic rings. The van der Waals surface area contributed by atoms with Crippen LogP contribution in [-0.4, -0.2) is 44.5 Å². The molecule has 7 nitrogen and oxygen atoms in total. The molecule has 3 aromatic carbocycles. The van der Waals surface area contributed by atoms with E-state index in [-0.39, 0.29) is 0 Å². The van der Waals surface area contributed by atoms with Gasteiger partial charge in [-0.3, -0.25) is 0 Å². The van der Waals surface area contributed by atoms with Gasteiger partial charge in [0.1, 0.15) is 17.1 Å². The number of methoxy groups -OCH3 is 1. The van der Waals surface area contributed by atoms with E-state index >= 15 is 0 Å². The molecule has 7 heteroatoms. The molecule has 0 unspecified atom stereocenters. The zero-order valence-corrected chi connectivity index (χ0v) is 22.0. The average Bonchev–Trinajstić information content (AvgIpc) is 2.93. The third-order valence-electron chi connectivity index (χ3n) is 5.89. The number of hydrogen-bond donors (Lipinski definition) is 3. The number of unbranched alkanes of at least 4 members (excludes halogenated alkanes) is 1. The molecule has 1 atom stereocenters. The molecule has 37 heavy (non-hydrogen) atoms. The third kappa shape index (κ3) is 8.81. The predicted molar refractivity (Wildman–Crippen MR) is 147 cm³/mol. The van der Waals surface area contributed by atoms with Gasteiger partial charge in [-0.25, -0.2) is 4.79 Å². The van der Waals surface area contributed by atoms with Crippen LogP contribution in [0.15, 0.2) is 66.7 Å². The molecule has 0 heterocycles. The lowest BCUT2D eigenvalue weighted by Crippen LogP contribution is -2.24. The fourth-order valence-corrected chi connectivity index (χ4v) is 3.79. The Morgan fingerprint density at radius 2 is 1.65 bits per heavy atom. The summed E-state index contributed by atoms with van der Waals surface area (Å²) in [5, 5.41) is 17.3. The van der Waals surface area contributed by atoms with Gasteiger partial charge in [0, 0.05) is 17.9 Å². The molecule has 0 saturated heterocycles. The predicted octanol–water partition coefficient (Wildman–Crippen LogP) is 5.66. The Morgan fingerprint density at radius 3 is 2.30 bits per heavy atom. The molecule has 0 amide bonds. The van der Waals surface area contributed by atoms with Crippen molar-refractivity contribution in [3.8, 4) is 11.5 Å². The molecule has 0 bridgehead atoms. The highest BCUT2D eigenvalue weighted by Crippen LogP contribution is 2.25. The van der Waals surface area contributed by atoms with Gasteiger partial charge in [0.2, 0.25) is 0 Å². The minimum atomic E-state index is -0.756. The number of rotatable bonds is 15. The molecular formula is C30H38N2O5. The first-order chi connectivity index (χ1) is 18.0. The van der Waals surface area contributed by atoms with Gasteiger partial charge in [0.25, 0.3) is 0 Å². The van der Waals surface area contributed by atoms with Gasteiger partial charge in [-0.2, -0.15) is 0 Å². The van der Waals surface area contributed by atoms with Crippen LogP contribution in [0.4, 0.5) is 11.4 Å². The van der Waals surface area contributed by atoms with Gasteiger partial charge in [0.05, 0.1) is 26.4 Å². The molecule has 0 spiro atoms. The smallest absolute Gasteiger partial charge is 0.341 e. The van der Waals surface area contributed by atoms with Crippen molar-refractivity contribution in [2.24, 2.45) is 0 Å². The number of ether oxygens (including phenoxy) is 3. The highest BCUT2D eigenvalue weighted by molar-refractivity contribution is 5.92. The zero-order valence-electron chi connectivity index (χ0n) is 22.0. The molecule has 3 N–H and O–H groups in total. The number of carbonyl (C=O) groups excluding carboxylic acids is 1. The van der Waals surface area contributed by atoms with Crippen molar-refractivity contribution in [3.05, 3.63) is 83.4 Å². The Labute approximate surface area is 219 Å². The van der Waals surface area contributed by atoms with Crippen LogP contribution < -0.4 is 20.1 Å². The van der Waals surface area contributed by atoms with E-state index in [1.54, 1.807) is 18.2 Å². The lowest BCUT2D eigenvalue weighted by atomic mass is 10.0. The fraction of sp³-hybridized carbons (Fsp3) is 0.367. The Bertz CT molecular complexity index is 1100. The lowest BCUT2D eigenvalue weighted by Gasteiger charge is -2.16. The minimum absolute atomic E-state index is 0.328. The van der Waals surface area contributed by atoms with Crippen molar-refractivity contribution in [1.29, 1.82) is 0 Å². The summed E-state index contributed by atoms with van der Waals surface area (Å²) >= 11 is 0. The SMILES string of the molecule is CCCCOc1ccc([C@@H](O)CNCCc2ccc(Nc3ccc(OCC)cc3)cc2)cc1C(=O)OC. The Morgan fingerprint density at radius 1 is 0.946 bits per heavy atom. The van der Waals surface area contributed by atoms with Crippen LogP contribution in [-0.2, 0) is 11.2 Å². The molecular weight excluding hydrogens is 468 g/mol. The number of aliphatic hydroxyl groups is 1. The lowest BCUT2D eigenvalue weighted by molar-refractivity contribution is 0.0595. The van der Waals surface area contributed by atoms with Crippen molar-refractivity contribution in [1.82, 2.24) is 5.32 Å². The minimum Gasteiger partial charge on any atom is -0.494 e. The monoisotopic (exact) mass is 506 g/mol. The Balaban J connectivity index is 1.47. The van der Waals surface area contributed by atoms with E-state index in [0.29, 0.717) is 43.2 Å². The molecule has 0 radical (unpaired) electrons. The van der Waals surface area contributed by atoms with Crippen LogP contribution >= 0.6 is 0 Å². The second-order valence-electron chi connectivity index (χ2n) is 8.70. The van der Waals surface area contributed by atoms with Crippen LogP contribution in [0, 0.1) is 0 Å². The molecule has 3 aromatic rings. The highest BCUT2D eigenvalue weighted by atomic mass is 16.5. The van der Waals surface area contributed by atoms with Crippen molar-refractivity contribution >= 4 is 17.3 Å². The third-order valence-corrected chi connectivity index (χ3v) is 5.89. The Hall–Kier alpha value is -3.55. The average molecular weight is 507 g/mol. The molecule has 198 valence electrons. The number of nitrogens with one attached hydrogen (secondary N) is 2. The number of hydrogen-bond acceptors (Lipinski definition) is 7.